The smallest absolute Gasteiger partial charge is 0.406 e. The Morgan fingerprint density at radius 2 is 1.83 bits per heavy atom. The molecule has 0 aliphatic heterocycles. The summed E-state index contributed by atoms with van der Waals surface area (Å²) in [7, 11) is 0. The van der Waals surface area contributed by atoms with Crippen LogP contribution < -0.4 is 15.6 Å². The van der Waals surface area contributed by atoms with Gasteiger partial charge in [0.2, 0.25) is 5.91 Å². The van der Waals surface area contributed by atoms with Crippen LogP contribution in [0.15, 0.2) is 41.6 Å². The lowest BCUT2D eigenvalue weighted by atomic mass is 10.1. The minimum atomic E-state index is -4.78. The van der Waals surface area contributed by atoms with E-state index >= 15 is 0 Å². The van der Waals surface area contributed by atoms with Crippen molar-refractivity contribution in [2.75, 3.05) is 5.32 Å². The molecule has 1 amide bonds. The van der Waals surface area contributed by atoms with E-state index in [0.29, 0.717) is 16.7 Å². The van der Waals surface area contributed by atoms with Crippen molar-refractivity contribution in [3.63, 3.8) is 0 Å². The van der Waals surface area contributed by atoms with Gasteiger partial charge in [-0.1, -0.05) is 0 Å². The summed E-state index contributed by atoms with van der Waals surface area (Å²) in [6.07, 6.45) is -1.99. The van der Waals surface area contributed by atoms with E-state index in [0.717, 1.165) is 12.1 Å². The number of rotatable bonds is 5. The van der Waals surface area contributed by atoms with Crippen molar-refractivity contribution in [2.45, 2.75) is 45.6 Å². The summed E-state index contributed by atoms with van der Waals surface area (Å²) >= 11 is 0. The molecule has 0 spiro atoms. The van der Waals surface area contributed by atoms with Gasteiger partial charge in [-0.2, -0.15) is 5.10 Å². The summed E-state index contributed by atoms with van der Waals surface area (Å²) < 4.78 is 43.3. The van der Waals surface area contributed by atoms with Crippen LogP contribution in [0.1, 0.15) is 27.2 Å². The van der Waals surface area contributed by atoms with Crippen LogP contribution in [0, 0.1) is 0 Å². The van der Waals surface area contributed by atoms with Crippen molar-refractivity contribution in [3.05, 3.63) is 47.1 Å². The van der Waals surface area contributed by atoms with E-state index in [1.54, 1.807) is 4.68 Å². The molecule has 0 fully saturated rings. The quantitative estimate of drug-likeness (QED) is 0.680. The Kier molecular flexibility index (Phi) is 5.55. The Labute approximate surface area is 169 Å². The van der Waals surface area contributed by atoms with Crippen LogP contribution in [0.2, 0.25) is 0 Å². The van der Waals surface area contributed by atoms with Crippen molar-refractivity contribution in [1.29, 1.82) is 0 Å². The first kappa shape index (κ1) is 21.3. The molecule has 3 rings (SSSR count). The normalized spacial score (nSPS) is 12.2. The van der Waals surface area contributed by atoms with E-state index < -0.39 is 12.3 Å². The van der Waals surface area contributed by atoms with Crippen LogP contribution >= 0.6 is 0 Å². The summed E-state index contributed by atoms with van der Waals surface area (Å²) in [5.74, 6) is -0.792. The molecule has 0 aliphatic carbocycles. The number of aromatic nitrogens is 4. The van der Waals surface area contributed by atoms with E-state index in [9.17, 15) is 22.8 Å². The van der Waals surface area contributed by atoms with Crippen LogP contribution in [0.25, 0.3) is 11.0 Å². The minimum absolute atomic E-state index is 0.0265. The number of nitrogens with one attached hydrogen (secondary N) is 1. The summed E-state index contributed by atoms with van der Waals surface area (Å²) in [6.45, 7) is 5.92. The molecule has 0 atom stereocenters. The molecule has 11 heteroatoms. The number of halogens is 3. The lowest BCUT2D eigenvalue weighted by molar-refractivity contribution is -0.274. The Bertz CT molecular complexity index is 1110. The van der Waals surface area contributed by atoms with Gasteiger partial charge in [0.1, 0.15) is 11.1 Å². The largest absolute Gasteiger partial charge is 0.573 e. The third-order valence-corrected chi connectivity index (χ3v) is 4.14. The number of fused-ring (bicyclic) bond motifs is 1. The van der Waals surface area contributed by atoms with Crippen molar-refractivity contribution in [2.24, 2.45) is 0 Å². The van der Waals surface area contributed by atoms with Gasteiger partial charge in [0, 0.05) is 18.7 Å². The number of anilines is 1. The topological polar surface area (TPSA) is 91.0 Å². The van der Waals surface area contributed by atoms with Crippen molar-refractivity contribution >= 4 is 22.6 Å². The van der Waals surface area contributed by atoms with Crippen molar-refractivity contribution in [1.82, 2.24) is 19.3 Å². The molecular weight excluding hydrogens is 403 g/mol. The molecule has 160 valence electrons. The minimum Gasteiger partial charge on any atom is -0.406 e. The van der Waals surface area contributed by atoms with Crippen LogP contribution in [-0.2, 0) is 16.9 Å². The first-order valence-corrected chi connectivity index (χ1v) is 9.03. The summed E-state index contributed by atoms with van der Waals surface area (Å²) in [5, 5.41) is 7.14. The van der Waals surface area contributed by atoms with Gasteiger partial charge in [0.25, 0.3) is 5.56 Å². The third-order valence-electron chi connectivity index (χ3n) is 4.14. The molecule has 0 saturated heterocycles. The molecule has 30 heavy (non-hydrogen) atoms. The molecule has 2 heterocycles. The van der Waals surface area contributed by atoms with Crippen LogP contribution in [-0.4, -0.2) is 31.6 Å². The number of carbonyl (C=O) groups is 1. The standard InChI is InChI=1S/C19H20F3N5O3/c1-18(2,3)27-16-14(10-24-27)17(29)26(11-23-16)9-8-15(28)25-12-4-6-13(7-5-12)30-19(20,21)22/h4-7,10-11H,8-9H2,1-3H3,(H,25,28). The lowest BCUT2D eigenvalue weighted by Gasteiger charge is -2.19. The van der Waals surface area contributed by atoms with Crippen LogP contribution in [0.5, 0.6) is 5.75 Å². The highest BCUT2D eigenvalue weighted by atomic mass is 19.4. The molecule has 0 aliphatic rings. The van der Waals surface area contributed by atoms with Gasteiger partial charge >= 0.3 is 6.36 Å². The van der Waals surface area contributed by atoms with Crippen molar-refractivity contribution in [3.8, 4) is 5.75 Å². The predicted octanol–water partition coefficient (Wildman–Crippen LogP) is 3.28. The highest BCUT2D eigenvalue weighted by molar-refractivity contribution is 5.90. The maximum atomic E-state index is 12.6. The summed E-state index contributed by atoms with van der Waals surface area (Å²) in [4.78, 5) is 29.1. The van der Waals surface area contributed by atoms with E-state index in [4.69, 9.17) is 0 Å². The SMILES string of the molecule is CC(C)(C)n1ncc2c(=O)n(CCC(=O)Nc3ccc(OC(F)(F)F)cc3)cnc21. The van der Waals surface area contributed by atoms with Gasteiger partial charge in [-0.3, -0.25) is 14.2 Å². The van der Waals surface area contributed by atoms with Crippen molar-refractivity contribution < 1.29 is 22.7 Å². The number of carbonyl (C=O) groups excluding carboxylic acids is 1. The Morgan fingerprint density at radius 3 is 2.43 bits per heavy atom. The highest BCUT2D eigenvalue weighted by Gasteiger charge is 2.31. The fourth-order valence-corrected chi connectivity index (χ4v) is 2.78. The zero-order valence-corrected chi connectivity index (χ0v) is 16.5. The number of hydrogen-bond acceptors (Lipinski definition) is 5. The molecule has 1 N–H and O–H groups in total. The first-order valence-electron chi connectivity index (χ1n) is 9.03. The number of amides is 1. The second-order valence-corrected chi connectivity index (χ2v) is 7.58. The molecule has 2 aromatic heterocycles. The fourth-order valence-electron chi connectivity index (χ4n) is 2.78. The van der Waals surface area contributed by atoms with E-state index in [-0.39, 0.29) is 29.8 Å². The molecule has 1 aromatic carbocycles. The van der Waals surface area contributed by atoms with Gasteiger partial charge in [-0.25, -0.2) is 9.67 Å². The second-order valence-electron chi connectivity index (χ2n) is 7.58. The van der Waals surface area contributed by atoms with E-state index in [2.05, 4.69) is 20.1 Å². The fraction of sp³-hybridized carbons (Fsp3) is 0.368. The highest BCUT2D eigenvalue weighted by Crippen LogP contribution is 2.24. The van der Waals surface area contributed by atoms with Crippen LogP contribution in [0.3, 0.4) is 0 Å². The molecule has 0 saturated carbocycles. The number of ether oxygens (including phenoxy) is 1. The number of nitrogens with zero attached hydrogens (tertiary/aromatic N) is 4. The average Bonchev–Trinajstić information content (AvgIpc) is 3.07. The molecule has 8 nitrogen and oxygen atoms in total. The van der Waals surface area contributed by atoms with Gasteiger partial charge in [0.15, 0.2) is 5.65 Å². The van der Waals surface area contributed by atoms with Gasteiger partial charge in [-0.05, 0) is 45.0 Å². The van der Waals surface area contributed by atoms with E-state index in [1.165, 1.54) is 29.2 Å². The Balaban J connectivity index is 1.64. The zero-order valence-electron chi connectivity index (χ0n) is 16.5. The molecule has 0 radical (unpaired) electrons. The average molecular weight is 423 g/mol. The number of benzene rings is 1. The number of alkyl halides is 3. The van der Waals surface area contributed by atoms with E-state index in [1.807, 2.05) is 20.8 Å². The maximum Gasteiger partial charge on any atom is 0.573 e. The first-order chi connectivity index (χ1) is 13.9. The molecule has 0 bridgehead atoms. The summed E-state index contributed by atoms with van der Waals surface area (Å²) in [5.41, 5.74) is 0.127. The zero-order chi connectivity index (χ0) is 22.1. The number of hydrogen-bond donors (Lipinski definition) is 1. The third kappa shape index (κ3) is 4.97. The number of aryl methyl sites for hydroxylation is 1. The molecule has 0 unspecified atom stereocenters. The van der Waals surface area contributed by atoms with Gasteiger partial charge in [-0.15, -0.1) is 13.2 Å². The molecule has 3 aromatic rings. The Hall–Kier alpha value is -3.37. The lowest BCUT2D eigenvalue weighted by Crippen LogP contribution is -2.26. The second kappa shape index (κ2) is 7.81. The Morgan fingerprint density at radius 1 is 1.17 bits per heavy atom. The van der Waals surface area contributed by atoms with Gasteiger partial charge in [0.05, 0.1) is 18.1 Å². The molecular formula is C19H20F3N5O3. The van der Waals surface area contributed by atoms with Crippen LogP contribution in [0.4, 0.5) is 18.9 Å². The predicted molar refractivity (Wildman–Crippen MR) is 103 cm³/mol. The maximum absolute atomic E-state index is 12.6. The summed E-state index contributed by atoms with van der Waals surface area (Å²) in [6, 6.07) is 4.77. The van der Waals surface area contributed by atoms with Gasteiger partial charge < -0.3 is 10.1 Å². The monoisotopic (exact) mass is 423 g/mol.